The number of aliphatic hydroxyl groups is 1. The Kier molecular flexibility index (Phi) is 12.1. The second-order valence-corrected chi connectivity index (χ2v) is 9.62. The van der Waals surface area contributed by atoms with Crippen LogP contribution in [0.2, 0.25) is 5.02 Å². The summed E-state index contributed by atoms with van der Waals surface area (Å²) in [7, 11) is 0. The molecule has 2 atom stereocenters. The van der Waals surface area contributed by atoms with Crippen LogP contribution in [0.5, 0.6) is 0 Å². The molecule has 3 aromatic carbocycles. The van der Waals surface area contributed by atoms with Gasteiger partial charge in [0.05, 0.1) is 16.9 Å². The number of H-pyrrole nitrogens is 1. The van der Waals surface area contributed by atoms with E-state index in [4.69, 9.17) is 16.6 Å². The Balaban J connectivity index is 0.00000169. The molecular formula is C29H34Cl4N4O. The normalized spacial score (nSPS) is 15.8. The van der Waals surface area contributed by atoms with Crippen LogP contribution in [0.4, 0.5) is 0 Å². The predicted octanol–water partition coefficient (Wildman–Crippen LogP) is 6.38. The lowest BCUT2D eigenvalue weighted by atomic mass is 9.75. The Hall–Kier alpha value is -2.09. The number of nitrogens with one attached hydrogen (secondary N) is 2. The molecule has 0 aliphatic carbocycles. The average molecular weight is 596 g/mol. The zero-order chi connectivity index (χ0) is 24.3. The van der Waals surface area contributed by atoms with E-state index in [2.05, 4.69) is 51.6 Å². The lowest BCUT2D eigenvalue weighted by Crippen LogP contribution is -2.58. The van der Waals surface area contributed by atoms with Gasteiger partial charge in [0.15, 0.2) is 0 Å². The molecule has 2 unspecified atom stereocenters. The number of piperazine rings is 1. The molecule has 4 aromatic rings. The van der Waals surface area contributed by atoms with Gasteiger partial charge in [-0.05, 0) is 36.6 Å². The molecule has 1 fully saturated rings. The number of hydrogen-bond acceptors (Lipinski definition) is 4. The molecule has 0 saturated carbocycles. The summed E-state index contributed by atoms with van der Waals surface area (Å²) >= 11 is 6.31. The molecule has 1 aromatic heterocycles. The van der Waals surface area contributed by atoms with Gasteiger partial charge in [-0.15, -0.1) is 37.2 Å². The average Bonchev–Trinajstić information content (AvgIpc) is 3.30. The zero-order valence-corrected chi connectivity index (χ0v) is 24.3. The van der Waals surface area contributed by atoms with Gasteiger partial charge in [0.2, 0.25) is 0 Å². The van der Waals surface area contributed by atoms with Crippen molar-refractivity contribution in [2.45, 2.75) is 25.0 Å². The Morgan fingerprint density at radius 1 is 0.895 bits per heavy atom. The summed E-state index contributed by atoms with van der Waals surface area (Å²) in [4.78, 5) is 10.7. The van der Waals surface area contributed by atoms with Crippen molar-refractivity contribution in [3.63, 3.8) is 0 Å². The van der Waals surface area contributed by atoms with Crippen LogP contribution < -0.4 is 5.32 Å². The molecule has 1 aliphatic rings. The van der Waals surface area contributed by atoms with E-state index in [1.165, 1.54) is 0 Å². The van der Waals surface area contributed by atoms with Crippen LogP contribution in [0.1, 0.15) is 28.7 Å². The van der Waals surface area contributed by atoms with E-state index in [1.807, 2.05) is 55.5 Å². The quantitative estimate of drug-likeness (QED) is 0.232. The number of imidazole rings is 1. The molecule has 1 saturated heterocycles. The van der Waals surface area contributed by atoms with Crippen molar-refractivity contribution in [2.24, 2.45) is 0 Å². The minimum Gasteiger partial charge on any atom is -0.384 e. The van der Waals surface area contributed by atoms with Gasteiger partial charge in [-0.25, -0.2) is 4.98 Å². The smallest absolute Gasteiger partial charge is 0.119 e. The number of aryl methyl sites for hydroxylation is 1. The number of benzene rings is 3. The molecule has 5 rings (SSSR count). The molecule has 9 heteroatoms. The van der Waals surface area contributed by atoms with Gasteiger partial charge in [-0.3, -0.25) is 4.90 Å². The Bertz CT molecular complexity index is 1250. The first kappa shape index (κ1) is 32.1. The molecule has 2 heterocycles. The fraction of sp³-hybridized carbons (Fsp3) is 0.276. The van der Waals surface area contributed by atoms with Crippen molar-refractivity contribution in [3.8, 4) is 11.3 Å². The number of rotatable bonds is 7. The highest BCUT2D eigenvalue weighted by atomic mass is 35.5. The highest BCUT2D eigenvalue weighted by molar-refractivity contribution is 6.30. The minimum absolute atomic E-state index is 0. The molecule has 0 spiro atoms. The van der Waals surface area contributed by atoms with Gasteiger partial charge in [-0.2, -0.15) is 0 Å². The van der Waals surface area contributed by atoms with Crippen LogP contribution in [0, 0.1) is 6.92 Å². The highest BCUT2D eigenvalue weighted by Gasteiger charge is 2.47. The zero-order valence-electron chi connectivity index (χ0n) is 21.1. The summed E-state index contributed by atoms with van der Waals surface area (Å²) < 4.78 is 0. The highest BCUT2D eigenvalue weighted by Crippen LogP contribution is 2.45. The van der Waals surface area contributed by atoms with Gasteiger partial charge in [0.1, 0.15) is 11.9 Å². The number of aromatic nitrogens is 2. The standard InChI is InChI=1S/C29H31ClN4O.3ClH/c1-21-32-26(23-10-6-3-7-11-23)27(33-21)28(35)29(34-18-16-31-17-19-34,20-22-8-4-2-5-9-22)24-12-14-25(30)15-13-24;;;/h2-15,28,31,35H,16-20H2,1H3,(H,32,33);3*1H. The van der Waals surface area contributed by atoms with Gasteiger partial charge in [-0.1, -0.05) is 84.4 Å². The van der Waals surface area contributed by atoms with E-state index in [0.717, 1.165) is 60.1 Å². The number of hydrogen-bond donors (Lipinski definition) is 3. The largest absolute Gasteiger partial charge is 0.384 e. The number of halogens is 4. The van der Waals surface area contributed by atoms with Crippen LogP contribution in [-0.4, -0.2) is 46.2 Å². The van der Waals surface area contributed by atoms with Crippen molar-refractivity contribution in [1.82, 2.24) is 20.2 Å². The van der Waals surface area contributed by atoms with Gasteiger partial charge < -0.3 is 15.4 Å². The number of aliphatic hydroxyl groups excluding tert-OH is 1. The molecule has 0 bridgehead atoms. The maximum absolute atomic E-state index is 12.5. The second kappa shape index (κ2) is 14.3. The van der Waals surface area contributed by atoms with E-state index in [1.54, 1.807) is 0 Å². The molecule has 0 radical (unpaired) electrons. The third-order valence-electron chi connectivity index (χ3n) is 6.97. The van der Waals surface area contributed by atoms with Crippen LogP contribution in [0.3, 0.4) is 0 Å². The fourth-order valence-electron chi connectivity index (χ4n) is 5.30. The van der Waals surface area contributed by atoms with Crippen molar-refractivity contribution in [3.05, 3.63) is 113 Å². The molecular weight excluding hydrogens is 562 g/mol. The van der Waals surface area contributed by atoms with E-state index in [-0.39, 0.29) is 37.2 Å². The maximum atomic E-state index is 12.5. The summed E-state index contributed by atoms with van der Waals surface area (Å²) in [5.74, 6) is 0.780. The molecule has 204 valence electrons. The van der Waals surface area contributed by atoms with E-state index < -0.39 is 11.6 Å². The third-order valence-corrected chi connectivity index (χ3v) is 7.22. The van der Waals surface area contributed by atoms with Crippen molar-refractivity contribution >= 4 is 48.8 Å². The van der Waals surface area contributed by atoms with Gasteiger partial charge >= 0.3 is 0 Å². The molecule has 0 amide bonds. The van der Waals surface area contributed by atoms with E-state index >= 15 is 0 Å². The Morgan fingerprint density at radius 2 is 1.47 bits per heavy atom. The monoisotopic (exact) mass is 594 g/mol. The molecule has 5 nitrogen and oxygen atoms in total. The molecule has 38 heavy (non-hydrogen) atoms. The van der Waals surface area contributed by atoms with Crippen LogP contribution in [-0.2, 0) is 12.0 Å². The van der Waals surface area contributed by atoms with Gasteiger partial charge in [0, 0.05) is 36.8 Å². The van der Waals surface area contributed by atoms with E-state index in [9.17, 15) is 5.11 Å². The van der Waals surface area contributed by atoms with Crippen molar-refractivity contribution < 1.29 is 5.11 Å². The van der Waals surface area contributed by atoms with E-state index in [0.29, 0.717) is 11.4 Å². The summed E-state index contributed by atoms with van der Waals surface area (Å²) in [5, 5.41) is 16.6. The van der Waals surface area contributed by atoms with Crippen molar-refractivity contribution in [2.75, 3.05) is 26.2 Å². The Labute approximate surface area is 248 Å². The van der Waals surface area contributed by atoms with Crippen LogP contribution in [0.25, 0.3) is 11.3 Å². The van der Waals surface area contributed by atoms with Crippen molar-refractivity contribution in [1.29, 1.82) is 0 Å². The van der Waals surface area contributed by atoms with Crippen LogP contribution >= 0.6 is 48.8 Å². The first-order valence-corrected chi connectivity index (χ1v) is 12.5. The fourth-order valence-corrected chi connectivity index (χ4v) is 5.42. The SMILES string of the molecule is Cc1nc(-c2ccccc2)c(C(O)C(Cc2ccccc2)(c2ccc(Cl)cc2)N2CCNCC2)[nH]1.Cl.Cl.Cl. The third kappa shape index (κ3) is 6.54. The summed E-state index contributed by atoms with van der Waals surface area (Å²) in [6.45, 7) is 5.31. The Morgan fingerprint density at radius 3 is 2.08 bits per heavy atom. The minimum atomic E-state index is -0.863. The van der Waals surface area contributed by atoms with Crippen LogP contribution in [0.15, 0.2) is 84.9 Å². The lowest BCUT2D eigenvalue weighted by molar-refractivity contribution is -0.0477. The number of aromatic amines is 1. The van der Waals surface area contributed by atoms with Gasteiger partial charge in [0.25, 0.3) is 0 Å². The predicted molar refractivity (Wildman–Crippen MR) is 163 cm³/mol. The lowest BCUT2D eigenvalue weighted by Gasteiger charge is -2.49. The first-order valence-electron chi connectivity index (χ1n) is 12.1. The summed E-state index contributed by atoms with van der Waals surface area (Å²) in [6, 6.07) is 28.4. The molecule has 3 N–H and O–H groups in total. The maximum Gasteiger partial charge on any atom is 0.119 e. The topological polar surface area (TPSA) is 64.2 Å². The number of nitrogens with zero attached hydrogens (tertiary/aromatic N) is 2. The molecule has 1 aliphatic heterocycles. The first-order chi connectivity index (χ1) is 17.1. The summed E-state index contributed by atoms with van der Waals surface area (Å²) in [5.41, 5.74) is 3.98. The second-order valence-electron chi connectivity index (χ2n) is 9.18. The summed E-state index contributed by atoms with van der Waals surface area (Å²) in [6.07, 6.45) is -0.221.